The fourth-order valence-electron chi connectivity index (χ4n) is 3.75. The number of benzene rings is 2. The van der Waals surface area contributed by atoms with Crippen molar-refractivity contribution < 1.29 is 32.2 Å². The van der Waals surface area contributed by atoms with Crippen LogP contribution in [0.4, 0.5) is 13.2 Å². The normalized spacial score (nSPS) is 11.4. The maximum atomic E-state index is 13.5. The predicted octanol–water partition coefficient (Wildman–Crippen LogP) is 5.25. The molecule has 0 fully saturated rings. The maximum Gasteiger partial charge on any atom is 0.416 e. The molecule has 1 amide bonds. The van der Waals surface area contributed by atoms with Crippen molar-refractivity contribution in [2.75, 3.05) is 34.5 Å². The first-order chi connectivity index (χ1) is 16.7. The number of rotatable bonds is 11. The van der Waals surface area contributed by atoms with Crippen LogP contribution in [0.25, 0.3) is 0 Å². The van der Waals surface area contributed by atoms with E-state index in [1.807, 2.05) is 16.7 Å². The molecule has 0 aliphatic rings. The van der Waals surface area contributed by atoms with Crippen molar-refractivity contribution in [2.45, 2.75) is 25.7 Å². The van der Waals surface area contributed by atoms with Gasteiger partial charge in [-0.2, -0.15) is 13.2 Å². The molecule has 1 aromatic heterocycles. The first-order valence-electron chi connectivity index (χ1n) is 11.1. The first kappa shape index (κ1) is 26.2. The number of hydrogen-bond donors (Lipinski definition) is 0. The molecule has 0 bridgehead atoms. The van der Waals surface area contributed by atoms with E-state index in [2.05, 4.69) is 0 Å². The summed E-state index contributed by atoms with van der Waals surface area (Å²) in [5.74, 6) is 0.778. The van der Waals surface area contributed by atoms with Gasteiger partial charge in [0.15, 0.2) is 0 Å². The minimum Gasteiger partial charge on any atom is -0.497 e. The molecule has 3 aromatic rings. The van der Waals surface area contributed by atoms with Gasteiger partial charge in [0.2, 0.25) is 0 Å². The van der Waals surface area contributed by atoms with Crippen LogP contribution in [-0.4, -0.2) is 49.9 Å². The number of hydrogen-bond acceptors (Lipinski definition) is 4. The standard InChI is InChI=1S/C26H29F3N2O4/c1-33-12-6-11-31(25(32)20-14-23(34-2)16-24(15-20)35-3)18-22-9-5-10-30(22)17-19-7-4-8-21(13-19)26(27,28)29/h4-5,7-10,13-16H,6,11-12,17-18H2,1-3H3. The minimum absolute atomic E-state index is 0.217. The maximum absolute atomic E-state index is 13.5. The van der Waals surface area contributed by atoms with E-state index >= 15 is 0 Å². The van der Waals surface area contributed by atoms with Crippen LogP contribution in [0.5, 0.6) is 11.5 Å². The Hall–Kier alpha value is -3.46. The van der Waals surface area contributed by atoms with Crippen LogP contribution in [0.3, 0.4) is 0 Å². The number of aromatic nitrogens is 1. The third-order valence-corrected chi connectivity index (χ3v) is 5.55. The highest BCUT2D eigenvalue weighted by atomic mass is 19.4. The Morgan fingerprint density at radius 3 is 2.31 bits per heavy atom. The molecule has 188 valence electrons. The highest BCUT2D eigenvalue weighted by molar-refractivity contribution is 5.95. The van der Waals surface area contributed by atoms with E-state index in [1.165, 1.54) is 20.3 Å². The quantitative estimate of drug-likeness (QED) is 0.345. The summed E-state index contributed by atoms with van der Waals surface area (Å²) in [6, 6.07) is 13.9. The second kappa shape index (κ2) is 11.8. The topological polar surface area (TPSA) is 52.9 Å². The lowest BCUT2D eigenvalue weighted by molar-refractivity contribution is -0.137. The summed E-state index contributed by atoms with van der Waals surface area (Å²) in [5, 5.41) is 0. The molecule has 0 unspecified atom stereocenters. The molecule has 0 saturated carbocycles. The molecule has 0 aliphatic carbocycles. The zero-order valence-electron chi connectivity index (χ0n) is 20.0. The Morgan fingerprint density at radius 1 is 0.971 bits per heavy atom. The molecule has 3 rings (SSSR count). The summed E-state index contributed by atoms with van der Waals surface area (Å²) in [7, 11) is 4.62. The van der Waals surface area contributed by atoms with Crippen LogP contribution < -0.4 is 9.47 Å². The monoisotopic (exact) mass is 490 g/mol. The van der Waals surface area contributed by atoms with Gasteiger partial charge in [-0.05, 0) is 48.4 Å². The third-order valence-electron chi connectivity index (χ3n) is 5.55. The molecule has 2 aromatic carbocycles. The molecule has 1 heterocycles. The molecular formula is C26H29F3N2O4. The van der Waals surface area contributed by atoms with Gasteiger partial charge in [-0.1, -0.05) is 12.1 Å². The number of ether oxygens (including phenoxy) is 3. The van der Waals surface area contributed by atoms with Gasteiger partial charge in [0, 0.05) is 50.3 Å². The molecule has 9 heteroatoms. The summed E-state index contributed by atoms with van der Waals surface area (Å²) >= 11 is 0. The lowest BCUT2D eigenvalue weighted by atomic mass is 10.1. The molecular weight excluding hydrogens is 461 g/mol. The fourth-order valence-corrected chi connectivity index (χ4v) is 3.75. The van der Waals surface area contributed by atoms with Crippen molar-refractivity contribution in [2.24, 2.45) is 0 Å². The Bertz CT molecular complexity index is 1110. The van der Waals surface area contributed by atoms with Crippen molar-refractivity contribution in [1.29, 1.82) is 0 Å². The van der Waals surface area contributed by atoms with E-state index in [4.69, 9.17) is 14.2 Å². The molecule has 35 heavy (non-hydrogen) atoms. The van der Waals surface area contributed by atoms with Crippen molar-refractivity contribution in [3.05, 3.63) is 83.2 Å². The first-order valence-corrected chi connectivity index (χ1v) is 11.1. The molecule has 0 spiro atoms. The highest BCUT2D eigenvalue weighted by Crippen LogP contribution is 2.30. The van der Waals surface area contributed by atoms with Crippen LogP contribution >= 0.6 is 0 Å². The van der Waals surface area contributed by atoms with E-state index in [0.29, 0.717) is 42.2 Å². The van der Waals surface area contributed by atoms with E-state index < -0.39 is 11.7 Å². The number of methoxy groups -OCH3 is 3. The SMILES string of the molecule is COCCCN(Cc1cccn1Cc1cccc(C(F)(F)F)c1)C(=O)c1cc(OC)cc(OC)c1. The van der Waals surface area contributed by atoms with Gasteiger partial charge >= 0.3 is 6.18 Å². The molecule has 6 nitrogen and oxygen atoms in total. The van der Waals surface area contributed by atoms with Crippen molar-refractivity contribution in [1.82, 2.24) is 9.47 Å². The van der Waals surface area contributed by atoms with Crippen molar-refractivity contribution in [3.8, 4) is 11.5 Å². The van der Waals surface area contributed by atoms with Crippen molar-refractivity contribution in [3.63, 3.8) is 0 Å². The van der Waals surface area contributed by atoms with E-state index in [-0.39, 0.29) is 19.0 Å². The van der Waals surface area contributed by atoms with Crippen LogP contribution in [0, 0.1) is 0 Å². The van der Waals surface area contributed by atoms with Crippen LogP contribution in [-0.2, 0) is 24.0 Å². The number of alkyl halides is 3. The molecule has 0 radical (unpaired) electrons. The second-order valence-electron chi connectivity index (χ2n) is 8.00. The lowest BCUT2D eigenvalue weighted by Crippen LogP contribution is -2.33. The smallest absolute Gasteiger partial charge is 0.416 e. The van der Waals surface area contributed by atoms with E-state index in [1.54, 1.807) is 42.5 Å². The summed E-state index contributed by atoms with van der Waals surface area (Å²) < 4.78 is 57.0. The molecule has 0 N–H and O–H groups in total. The summed E-state index contributed by atoms with van der Waals surface area (Å²) in [5.41, 5.74) is 1.04. The zero-order valence-corrected chi connectivity index (χ0v) is 20.0. The molecule has 0 atom stereocenters. The highest BCUT2D eigenvalue weighted by Gasteiger charge is 2.30. The van der Waals surface area contributed by atoms with Gasteiger partial charge in [-0.3, -0.25) is 4.79 Å². The van der Waals surface area contributed by atoms with Gasteiger partial charge in [-0.25, -0.2) is 0 Å². The molecule has 0 aliphatic heterocycles. The van der Waals surface area contributed by atoms with Gasteiger partial charge in [-0.15, -0.1) is 0 Å². The Balaban J connectivity index is 1.85. The van der Waals surface area contributed by atoms with Crippen molar-refractivity contribution >= 4 is 5.91 Å². The van der Waals surface area contributed by atoms with Gasteiger partial charge < -0.3 is 23.7 Å². The predicted molar refractivity (Wildman–Crippen MR) is 126 cm³/mol. The van der Waals surface area contributed by atoms with E-state index in [9.17, 15) is 18.0 Å². The van der Waals surface area contributed by atoms with Gasteiger partial charge in [0.25, 0.3) is 5.91 Å². The van der Waals surface area contributed by atoms with Crippen LogP contribution in [0.1, 0.15) is 33.6 Å². The second-order valence-corrected chi connectivity index (χ2v) is 8.00. The Kier molecular flexibility index (Phi) is 8.81. The third kappa shape index (κ3) is 7.02. The largest absolute Gasteiger partial charge is 0.497 e. The summed E-state index contributed by atoms with van der Waals surface area (Å²) in [6.07, 6.45) is -1.99. The Labute approximate surface area is 202 Å². The van der Waals surface area contributed by atoms with Gasteiger partial charge in [0.1, 0.15) is 11.5 Å². The lowest BCUT2D eigenvalue weighted by Gasteiger charge is -2.24. The average Bonchev–Trinajstić information content (AvgIpc) is 3.28. The number of nitrogens with zero attached hydrogens (tertiary/aromatic N) is 2. The number of amides is 1. The zero-order chi connectivity index (χ0) is 25.4. The number of halogens is 3. The van der Waals surface area contributed by atoms with E-state index in [0.717, 1.165) is 17.8 Å². The minimum atomic E-state index is -4.40. The van der Waals surface area contributed by atoms with Crippen LogP contribution in [0.15, 0.2) is 60.8 Å². The Morgan fingerprint density at radius 2 is 1.69 bits per heavy atom. The fraction of sp³-hybridized carbons (Fsp3) is 0.346. The van der Waals surface area contributed by atoms with Gasteiger partial charge in [0.05, 0.1) is 26.3 Å². The summed E-state index contributed by atoms with van der Waals surface area (Å²) in [6.45, 7) is 1.44. The van der Waals surface area contributed by atoms with Crippen LogP contribution in [0.2, 0.25) is 0 Å². The number of carbonyl (C=O) groups excluding carboxylic acids is 1. The summed E-state index contributed by atoms with van der Waals surface area (Å²) in [4.78, 5) is 15.2. The number of carbonyl (C=O) groups is 1. The average molecular weight is 491 g/mol. The molecule has 0 saturated heterocycles.